The Labute approximate surface area is 157 Å². The number of thiazole rings is 1. The Morgan fingerprint density at radius 1 is 1.31 bits per heavy atom. The fraction of sp³-hybridized carbons (Fsp3) is 0.188. The SMILES string of the molecule is CCC(Sc1ncnc(N)n1)C(=O)Nc1nc(-c2ccc(F)cc2)cs1. The van der Waals surface area contributed by atoms with Crippen molar-refractivity contribution in [2.24, 2.45) is 0 Å². The van der Waals surface area contributed by atoms with Crippen molar-refractivity contribution in [3.8, 4) is 11.3 Å². The number of nitrogens with two attached hydrogens (primary N) is 1. The molecule has 0 saturated heterocycles. The molecule has 134 valence electrons. The number of rotatable bonds is 6. The van der Waals surface area contributed by atoms with Crippen LogP contribution in [-0.2, 0) is 4.79 Å². The molecule has 0 fully saturated rings. The van der Waals surface area contributed by atoms with E-state index < -0.39 is 5.25 Å². The Morgan fingerprint density at radius 2 is 2.08 bits per heavy atom. The number of thioether (sulfide) groups is 1. The average Bonchev–Trinajstić information content (AvgIpc) is 3.08. The normalized spacial score (nSPS) is 11.9. The summed E-state index contributed by atoms with van der Waals surface area (Å²) in [6, 6.07) is 6.03. The maximum absolute atomic E-state index is 13.0. The van der Waals surface area contributed by atoms with Crippen LogP contribution >= 0.6 is 23.1 Å². The average molecular weight is 390 g/mol. The summed E-state index contributed by atoms with van der Waals surface area (Å²) < 4.78 is 13.0. The molecule has 1 unspecified atom stereocenters. The molecule has 10 heteroatoms. The highest BCUT2D eigenvalue weighted by atomic mass is 32.2. The van der Waals surface area contributed by atoms with E-state index in [2.05, 4.69) is 25.3 Å². The molecule has 3 N–H and O–H groups in total. The summed E-state index contributed by atoms with van der Waals surface area (Å²) in [7, 11) is 0. The maximum Gasteiger partial charge on any atom is 0.239 e. The number of amides is 1. The van der Waals surface area contributed by atoms with Crippen LogP contribution in [0.4, 0.5) is 15.5 Å². The summed E-state index contributed by atoms with van der Waals surface area (Å²) in [5, 5.41) is 5.09. The first-order chi connectivity index (χ1) is 12.5. The molecule has 3 aromatic rings. The monoisotopic (exact) mass is 390 g/mol. The Morgan fingerprint density at radius 3 is 2.77 bits per heavy atom. The van der Waals surface area contributed by atoms with Gasteiger partial charge in [-0.2, -0.15) is 4.98 Å². The maximum atomic E-state index is 13.0. The van der Waals surface area contributed by atoms with Gasteiger partial charge in [-0.1, -0.05) is 18.7 Å². The topological polar surface area (TPSA) is 107 Å². The molecular weight excluding hydrogens is 375 g/mol. The van der Waals surface area contributed by atoms with Crippen LogP contribution in [0.25, 0.3) is 11.3 Å². The number of aromatic nitrogens is 4. The summed E-state index contributed by atoms with van der Waals surface area (Å²) >= 11 is 2.52. The lowest BCUT2D eigenvalue weighted by Crippen LogP contribution is -2.24. The Balaban J connectivity index is 1.67. The quantitative estimate of drug-likeness (QED) is 0.622. The highest BCUT2D eigenvalue weighted by molar-refractivity contribution is 8.00. The lowest BCUT2D eigenvalue weighted by atomic mass is 10.2. The third kappa shape index (κ3) is 4.52. The number of benzene rings is 1. The second-order valence-corrected chi connectivity index (χ2v) is 7.20. The van der Waals surface area contributed by atoms with E-state index in [1.807, 2.05) is 12.3 Å². The van der Waals surface area contributed by atoms with Crippen LogP contribution in [0.1, 0.15) is 13.3 Å². The smallest absolute Gasteiger partial charge is 0.239 e. The van der Waals surface area contributed by atoms with E-state index in [1.165, 1.54) is 41.6 Å². The molecule has 2 aromatic heterocycles. The lowest BCUT2D eigenvalue weighted by Gasteiger charge is -2.12. The van der Waals surface area contributed by atoms with Crippen molar-refractivity contribution in [1.82, 2.24) is 19.9 Å². The second-order valence-electron chi connectivity index (χ2n) is 5.18. The minimum atomic E-state index is -0.394. The first kappa shape index (κ1) is 18.2. The Hall–Kier alpha value is -2.59. The summed E-state index contributed by atoms with van der Waals surface area (Å²) in [5.41, 5.74) is 6.99. The summed E-state index contributed by atoms with van der Waals surface area (Å²) in [6.07, 6.45) is 1.89. The molecule has 1 amide bonds. The van der Waals surface area contributed by atoms with Gasteiger partial charge in [-0.15, -0.1) is 11.3 Å². The van der Waals surface area contributed by atoms with Crippen molar-refractivity contribution in [1.29, 1.82) is 0 Å². The molecule has 3 rings (SSSR count). The molecule has 0 spiro atoms. The molecule has 0 bridgehead atoms. The van der Waals surface area contributed by atoms with Crippen LogP contribution in [-0.4, -0.2) is 31.1 Å². The van der Waals surface area contributed by atoms with Gasteiger partial charge in [-0.25, -0.2) is 19.3 Å². The molecule has 1 aromatic carbocycles. The molecule has 0 saturated carbocycles. The highest BCUT2D eigenvalue weighted by Crippen LogP contribution is 2.27. The van der Waals surface area contributed by atoms with E-state index in [9.17, 15) is 9.18 Å². The lowest BCUT2D eigenvalue weighted by molar-refractivity contribution is -0.115. The number of hydrogen-bond donors (Lipinski definition) is 2. The molecule has 7 nitrogen and oxygen atoms in total. The Bertz CT molecular complexity index is 902. The zero-order valence-electron chi connectivity index (χ0n) is 13.7. The van der Waals surface area contributed by atoms with Gasteiger partial charge in [0.2, 0.25) is 11.9 Å². The van der Waals surface area contributed by atoms with Crippen molar-refractivity contribution in [2.45, 2.75) is 23.8 Å². The minimum absolute atomic E-state index is 0.113. The summed E-state index contributed by atoms with van der Waals surface area (Å²) in [6.45, 7) is 1.90. The van der Waals surface area contributed by atoms with Gasteiger partial charge in [0.15, 0.2) is 10.3 Å². The first-order valence-corrected chi connectivity index (χ1v) is 9.44. The summed E-state index contributed by atoms with van der Waals surface area (Å²) in [4.78, 5) is 28.6. The fourth-order valence-electron chi connectivity index (χ4n) is 2.07. The zero-order chi connectivity index (χ0) is 18.5. The van der Waals surface area contributed by atoms with Crippen LogP contribution in [0.3, 0.4) is 0 Å². The van der Waals surface area contributed by atoms with E-state index in [1.54, 1.807) is 12.1 Å². The van der Waals surface area contributed by atoms with E-state index in [-0.39, 0.29) is 17.7 Å². The number of hydrogen-bond acceptors (Lipinski definition) is 8. The van der Waals surface area contributed by atoms with Crippen molar-refractivity contribution in [2.75, 3.05) is 11.1 Å². The van der Waals surface area contributed by atoms with Crippen LogP contribution in [0.5, 0.6) is 0 Å². The Kier molecular flexibility index (Phi) is 5.74. The van der Waals surface area contributed by atoms with Crippen LogP contribution < -0.4 is 11.1 Å². The van der Waals surface area contributed by atoms with Crippen molar-refractivity contribution in [3.05, 3.63) is 41.8 Å². The van der Waals surface area contributed by atoms with Crippen LogP contribution in [0, 0.1) is 5.82 Å². The molecule has 26 heavy (non-hydrogen) atoms. The van der Waals surface area contributed by atoms with E-state index >= 15 is 0 Å². The molecule has 0 aliphatic carbocycles. The number of carbonyl (C=O) groups excluding carboxylic acids is 1. The first-order valence-electron chi connectivity index (χ1n) is 7.68. The number of carbonyl (C=O) groups is 1. The minimum Gasteiger partial charge on any atom is -0.368 e. The largest absolute Gasteiger partial charge is 0.368 e. The van der Waals surface area contributed by atoms with E-state index in [4.69, 9.17) is 5.73 Å². The molecule has 1 atom stereocenters. The molecule has 2 heterocycles. The van der Waals surface area contributed by atoms with Crippen molar-refractivity contribution in [3.63, 3.8) is 0 Å². The third-order valence-electron chi connectivity index (χ3n) is 3.35. The van der Waals surface area contributed by atoms with Crippen molar-refractivity contribution >= 4 is 40.1 Å². The van der Waals surface area contributed by atoms with Gasteiger partial charge in [0.05, 0.1) is 10.9 Å². The number of anilines is 2. The molecular formula is C16H15FN6OS2. The van der Waals surface area contributed by atoms with Gasteiger partial charge in [-0.3, -0.25) is 4.79 Å². The second kappa shape index (κ2) is 8.19. The van der Waals surface area contributed by atoms with Gasteiger partial charge >= 0.3 is 0 Å². The van der Waals surface area contributed by atoms with E-state index in [0.717, 1.165) is 5.56 Å². The summed E-state index contributed by atoms with van der Waals surface area (Å²) in [5.74, 6) is -0.391. The predicted octanol–water partition coefficient (Wildman–Crippen LogP) is 3.23. The zero-order valence-corrected chi connectivity index (χ0v) is 15.4. The van der Waals surface area contributed by atoms with Gasteiger partial charge in [0.1, 0.15) is 12.1 Å². The number of nitrogens with zero attached hydrogens (tertiary/aromatic N) is 4. The van der Waals surface area contributed by atoms with Gasteiger partial charge in [0, 0.05) is 10.9 Å². The van der Waals surface area contributed by atoms with Crippen molar-refractivity contribution < 1.29 is 9.18 Å². The number of halogens is 1. The molecule has 0 aliphatic heterocycles. The van der Waals surface area contributed by atoms with Gasteiger partial charge < -0.3 is 11.1 Å². The predicted molar refractivity (Wildman–Crippen MR) is 100 cm³/mol. The molecule has 0 radical (unpaired) electrons. The standard InChI is InChI=1S/C16H15FN6OS2/c1-2-12(26-15-20-8-19-14(18)23-15)13(24)22-16-21-11(7-25-16)9-3-5-10(17)6-4-9/h3-8,12H,2H2,1H3,(H,21,22,24)(H2,18,19,20,23). The van der Waals surface area contributed by atoms with E-state index in [0.29, 0.717) is 22.4 Å². The molecule has 0 aliphatic rings. The number of nitrogens with one attached hydrogen (secondary N) is 1. The van der Waals surface area contributed by atoms with Gasteiger partial charge in [0.25, 0.3) is 0 Å². The van der Waals surface area contributed by atoms with Crippen LogP contribution in [0.2, 0.25) is 0 Å². The highest BCUT2D eigenvalue weighted by Gasteiger charge is 2.21. The third-order valence-corrected chi connectivity index (χ3v) is 5.35. The van der Waals surface area contributed by atoms with Crippen LogP contribution in [0.15, 0.2) is 41.1 Å². The fourth-order valence-corrected chi connectivity index (χ4v) is 3.63. The van der Waals surface area contributed by atoms with Gasteiger partial charge in [-0.05, 0) is 30.7 Å². The number of nitrogen functional groups attached to an aromatic ring is 1.